The maximum atomic E-state index is 5.83. The number of fused-ring (bicyclic) bond motifs is 1. The van der Waals surface area contributed by atoms with Gasteiger partial charge in [0.1, 0.15) is 5.82 Å². The quantitative estimate of drug-likeness (QED) is 0.759. The van der Waals surface area contributed by atoms with Crippen molar-refractivity contribution in [2.24, 2.45) is 0 Å². The fraction of sp³-hybridized carbons (Fsp3) is 0.182. The molecular formula is C11H11IN2. The van der Waals surface area contributed by atoms with E-state index in [1.165, 1.54) is 20.1 Å². The van der Waals surface area contributed by atoms with Gasteiger partial charge in [0.25, 0.3) is 0 Å². The zero-order valence-corrected chi connectivity index (χ0v) is 10.3. The number of aromatic nitrogens is 1. The van der Waals surface area contributed by atoms with Crippen LogP contribution in [-0.2, 0) is 0 Å². The summed E-state index contributed by atoms with van der Waals surface area (Å²) in [6.07, 6.45) is 1.76. The molecule has 3 heteroatoms. The first-order chi connectivity index (χ1) is 6.61. The fourth-order valence-corrected chi connectivity index (χ4v) is 2.43. The Morgan fingerprint density at radius 3 is 2.71 bits per heavy atom. The lowest BCUT2D eigenvalue weighted by Crippen LogP contribution is -1.95. The summed E-state index contributed by atoms with van der Waals surface area (Å²) in [5.74, 6) is 0.614. The molecule has 0 aliphatic rings. The van der Waals surface area contributed by atoms with Gasteiger partial charge in [-0.1, -0.05) is 0 Å². The minimum absolute atomic E-state index is 0.614. The highest BCUT2D eigenvalue weighted by molar-refractivity contribution is 14.1. The number of nitrogens with two attached hydrogens (primary N) is 1. The predicted molar refractivity (Wildman–Crippen MR) is 68.3 cm³/mol. The van der Waals surface area contributed by atoms with E-state index in [0.717, 1.165) is 5.39 Å². The fourth-order valence-electron chi connectivity index (χ4n) is 1.53. The summed E-state index contributed by atoms with van der Waals surface area (Å²) in [6, 6.07) is 4.12. The van der Waals surface area contributed by atoms with Gasteiger partial charge in [-0.2, -0.15) is 0 Å². The Morgan fingerprint density at radius 1 is 1.29 bits per heavy atom. The summed E-state index contributed by atoms with van der Waals surface area (Å²) in [4.78, 5) is 4.09. The molecule has 0 fully saturated rings. The van der Waals surface area contributed by atoms with Crippen LogP contribution in [0.5, 0.6) is 0 Å². The van der Waals surface area contributed by atoms with Crippen LogP contribution in [0.4, 0.5) is 5.82 Å². The van der Waals surface area contributed by atoms with E-state index in [4.69, 9.17) is 5.73 Å². The number of nitrogens with zero attached hydrogens (tertiary/aromatic N) is 1. The molecule has 2 aromatic rings. The van der Waals surface area contributed by atoms with Gasteiger partial charge in [0.05, 0.1) is 0 Å². The van der Waals surface area contributed by atoms with Gasteiger partial charge in [-0.3, -0.25) is 0 Å². The van der Waals surface area contributed by atoms with Gasteiger partial charge in [0.15, 0.2) is 0 Å². The lowest BCUT2D eigenvalue weighted by atomic mass is 10.0. The number of rotatable bonds is 0. The summed E-state index contributed by atoms with van der Waals surface area (Å²) >= 11 is 2.36. The number of hydrogen-bond donors (Lipinski definition) is 1. The van der Waals surface area contributed by atoms with Crippen molar-refractivity contribution in [2.45, 2.75) is 13.8 Å². The van der Waals surface area contributed by atoms with Crippen LogP contribution in [-0.4, -0.2) is 4.98 Å². The van der Waals surface area contributed by atoms with Crippen molar-refractivity contribution in [2.75, 3.05) is 5.73 Å². The third-order valence-corrected chi connectivity index (χ3v) is 3.93. The molecule has 0 saturated heterocycles. The largest absolute Gasteiger partial charge is 0.383 e. The molecule has 1 aromatic carbocycles. The SMILES string of the molecule is Cc1cc2c(N)nccc2c(I)c1C. The maximum absolute atomic E-state index is 5.83. The number of aryl methyl sites for hydroxylation is 1. The molecule has 14 heavy (non-hydrogen) atoms. The summed E-state index contributed by atoms with van der Waals surface area (Å²) in [6.45, 7) is 4.23. The van der Waals surface area contributed by atoms with E-state index in [0.29, 0.717) is 5.82 Å². The van der Waals surface area contributed by atoms with Crippen molar-refractivity contribution in [1.82, 2.24) is 4.98 Å². The Balaban J connectivity index is 2.98. The Labute approximate surface area is 96.7 Å². The molecule has 0 radical (unpaired) electrons. The topological polar surface area (TPSA) is 38.9 Å². The Bertz CT molecular complexity index is 506. The van der Waals surface area contributed by atoms with Crippen molar-refractivity contribution >= 4 is 39.2 Å². The van der Waals surface area contributed by atoms with Gasteiger partial charge in [-0.15, -0.1) is 0 Å². The third-order valence-electron chi connectivity index (χ3n) is 2.54. The highest BCUT2D eigenvalue weighted by Gasteiger charge is 2.07. The molecule has 0 bridgehead atoms. The minimum atomic E-state index is 0.614. The van der Waals surface area contributed by atoms with Crippen molar-refractivity contribution in [1.29, 1.82) is 0 Å². The van der Waals surface area contributed by atoms with E-state index in [1.54, 1.807) is 6.20 Å². The van der Waals surface area contributed by atoms with Crippen LogP contribution >= 0.6 is 22.6 Å². The van der Waals surface area contributed by atoms with Crippen molar-refractivity contribution in [3.8, 4) is 0 Å². The second-order valence-corrected chi connectivity index (χ2v) is 4.50. The first-order valence-electron chi connectivity index (χ1n) is 4.41. The molecule has 0 aliphatic carbocycles. The molecule has 0 unspecified atom stereocenters. The molecule has 72 valence electrons. The average molecular weight is 298 g/mol. The molecule has 0 amide bonds. The van der Waals surface area contributed by atoms with E-state index in [9.17, 15) is 0 Å². The molecule has 0 aliphatic heterocycles. The van der Waals surface area contributed by atoms with Crippen LogP contribution in [0.1, 0.15) is 11.1 Å². The minimum Gasteiger partial charge on any atom is -0.383 e. The van der Waals surface area contributed by atoms with Gasteiger partial charge >= 0.3 is 0 Å². The van der Waals surface area contributed by atoms with Gasteiger partial charge < -0.3 is 5.73 Å². The molecule has 2 nitrogen and oxygen atoms in total. The molecule has 0 saturated carbocycles. The molecular weight excluding hydrogens is 287 g/mol. The van der Waals surface area contributed by atoms with Crippen LogP contribution in [0.15, 0.2) is 18.3 Å². The van der Waals surface area contributed by atoms with Crippen LogP contribution in [0.2, 0.25) is 0 Å². The lowest BCUT2D eigenvalue weighted by Gasteiger charge is -2.08. The van der Waals surface area contributed by atoms with E-state index >= 15 is 0 Å². The van der Waals surface area contributed by atoms with E-state index in [1.807, 2.05) is 6.07 Å². The zero-order valence-electron chi connectivity index (χ0n) is 8.13. The molecule has 2 N–H and O–H groups in total. The Kier molecular flexibility index (Phi) is 2.34. The van der Waals surface area contributed by atoms with Gasteiger partial charge in [-0.05, 0) is 59.7 Å². The number of benzene rings is 1. The summed E-state index contributed by atoms with van der Waals surface area (Å²) < 4.78 is 1.27. The summed E-state index contributed by atoms with van der Waals surface area (Å²) in [5.41, 5.74) is 8.42. The smallest absolute Gasteiger partial charge is 0.131 e. The van der Waals surface area contributed by atoms with Crippen molar-refractivity contribution < 1.29 is 0 Å². The van der Waals surface area contributed by atoms with Crippen LogP contribution in [0.3, 0.4) is 0 Å². The first kappa shape index (κ1) is 9.71. The average Bonchev–Trinajstić information content (AvgIpc) is 2.17. The predicted octanol–water partition coefficient (Wildman–Crippen LogP) is 3.04. The number of anilines is 1. The van der Waals surface area contributed by atoms with Gasteiger partial charge in [-0.25, -0.2) is 4.98 Å². The molecule has 0 spiro atoms. The number of pyridine rings is 1. The lowest BCUT2D eigenvalue weighted by molar-refractivity contribution is 1.32. The Morgan fingerprint density at radius 2 is 2.00 bits per heavy atom. The van der Waals surface area contributed by atoms with E-state index < -0.39 is 0 Å². The number of nitrogen functional groups attached to an aromatic ring is 1. The zero-order chi connectivity index (χ0) is 10.3. The monoisotopic (exact) mass is 298 g/mol. The van der Waals surface area contributed by atoms with E-state index in [2.05, 4.69) is 47.5 Å². The molecule has 1 heterocycles. The maximum Gasteiger partial charge on any atom is 0.131 e. The summed E-state index contributed by atoms with van der Waals surface area (Å²) in [7, 11) is 0. The highest BCUT2D eigenvalue weighted by Crippen LogP contribution is 2.28. The number of hydrogen-bond acceptors (Lipinski definition) is 2. The van der Waals surface area contributed by atoms with Crippen LogP contribution in [0, 0.1) is 17.4 Å². The van der Waals surface area contributed by atoms with Crippen LogP contribution < -0.4 is 5.73 Å². The molecule has 0 atom stereocenters. The van der Waals surface area contributed by atoms with E-state index in [-0.39, 0.29) is 0 Å². The van der Waals surface area contributed by atoms with Gasteiger partial charge in [0, 0.05) is 20.5 Å². The van der Waals surface area contributed by atoms with Crippen LogP contribution in [0.25, 0.3) is 10.8 Å². The second-order valence-electron chi connectivity index (χ2n) is 3.42. The normalized spacial score (nSPS) is 10.8. The third kappa shape index (κ3) is 1.35. The number of halogens is 1. The highest BCUT2D eigenvalue weighted by atomic mass is 127. The first-order valence-corrected chi connectivity index (χ1v) is 5.49. The molecule has 2 rings (SSSR count). The second kappa shape index (κ2) is 3.38. The van der Waals surface area contributed by atoms with Crippen molar-refractivity contribution in [3.05, 3.63) is 33.0 Å². The van der Waals surface area contributed by atoms with Gasteiger partial charge in [0.2, 0.25) is 0 Å². The molecule has 1 aromatic heterocycles. The standard InChI is InChI=1S/C11H11IN2/c1-6-5-9-8(10(12)7(6)2)3-4-14-11(9)13/h3-5H,1-2H3,(H2,13,14). The van der Waals surface area contributed by atoms with Crippen molar-refractivity contribution in [3.63, 3.8) is 0 Å². The summed E-state index contributed by atoms with van der Waals surface area (Å²) in [5, 5.41) is 2.25. The Hall–Kier alpha value is -0.840.